The van der Waals surface area contributed by atoms with Crippen LogP contribution < -0.4 is 16.4 Å². The third-order valence-corrected chi connectivity index (χ3v) is 4.21. The van der Waals surface area contributed by atoms with Gasteiger partial charge in [-0.25, -0.2) is 0 Å². The van der Waals surface area contributed by atoms with Gasteiger partial charge in [-0.3, -0.25) is 0 Å². The van der Waals surface area contributed by atoms with Crippen molar-refractivity contribution in [3.63, 3.8) is 0 Å². The Balaban J connectivity index is 1.85. The smallest absolute Gasteiger partial charge is 0.102 e. The van der Waals surface area contributed by atoms with E-state index in [1.807, 2.05) is 18.2 Å². The van der Waals surface area contributed by atoms with E-state index in [2.05, 4.69) is 19.0 Å². The molecule has 1 aliphatic rings. The Morgan fingerprint density at radius 1 is 1.25 bits per heavy atom. The van der Waals surface area contributed by atoms with Gasteiger partial charge in [0.25, 0.3) is 0 Å². The van der Waals surface area contributed by atoms with E-state index < -0.39 is 0 Å². The molecule has 1 heterocycles. The van der Waals surface area contributed by atoms with Crippen LogP contribution in [0.1, 0.15) is 6.42 Å². The van der Waals surface area contributed by atoms with Gasteiger partial charge < -0.3 is 25.6 Å². The topological polar surface area (TPSA) is 64.5 Å². The molecule has 0 saturated carbocycles. The number of rotatable bonds is 5. The van der Waals surface area contributed by atoms with Crippen molar-refractivity contribution in [1.29, 1.82) is 0 Å². The summed E-state index contributed by atoms with van der Waals surface area (Å²) in [6.07, 6.45) is 1.14. The minimum atomic E-state index is 0.758. The molecule has 5 nitrogen and oxygen atoms in total. The maximum Gasteiger partial charge on any atom is 0.102 e. The third-order valence-electron chi connectivity index (χ3n) is 4.21. The first-order chi connectivity index (χ1) is 9.50. The Bertz CT molecular complexity index is 443. The number of nitrogen functional groups attached to an aromatic ring is 2. The number of quaternary nitrogens is 1. The molecule has 1 aromatic carbocycles. The van der Waals surface area contributed by atoms with Gasteiger partial charge in [0, 0.05) is 25.7 Å². The molecular formula is C15H27N4O+. The van der Waals surface area contributed by atoms with Crippen LogP contribution in [0.5, 0.6) is 0 Å². The van der Waals surface area contributed by atoms with Crippen molar-refractivity contribution >= 4 is 17.1 Å². The summed E-state index contributed by atoms with van der Waals surface area (Å²) in [5, 5.41) is 0. The fourth-order valence-corrected chi connectivity index (χ4v) is 2.71. The zero-order valence-corrected chi connectivity index (χ0v) is 12.6. The average Bonchev–Trinajstić information content (AvgIpc) is 2.42. The summed E-state index contributed by atoms with van der Waals surface area (Å²) >= 11 is 0. The molecule has 2 rings (SSSR count). The van der Waals surface area contributed by atoms with Crippen LogP contribution >= 0.6 is 0 Å². The third kappa shape index (κ3) is 3.77. The Labute approximate surface area is 121 Å². The number of hydrogen-bond donors (Lipinski definition) is 2. The minimum absolute atomic E-state index is 0.758. The lowest BCUT2D eigenvalue weighted by atomic mass is 10.2. The molecule has 20 heavy (non-hydrogen) atoms. The Morgan fingerprint density at radius 3 is 2.65 bits per heavy atom. The highest BCUT2D eigenvalue weighted by molar-refractivity contribution is 5.71. The van der Waals surface area contributed by atoms with Crippen LogP contribution in [0.3, 0.4) is 0 Å². The van der Waals surface area contributed by atoms with Gasteiger partial charge in [0.2, 0.25) is 0 Å². The highest BCUT2D eigenvalue weighted by Crippen LogP contribution is 2.24. The average molecular weight is 279 g/mol. The van der Waals surface area contributed by atoms with Gasteiger partial charge in [0.15, 0.2) is 0 Å². The molecule has 1 saturated heterocycles. The fraction of sp³-hybridized carbons (Fsp3) is 0.600. The number of benzene rings is 1. The van der Waals surface area contributed by atoms with Gasteiger partial charge in [0.1, 0.15) is 13.1 Å². The Hall–Kier alpha value is -1.46. The summed E-state index contributed by atoms with van der Waals surface area (Å²) in [5.74, 6) is 0. The molecule has 0 atom stereocenters. The highest BCUT2D eigenvalue weighted by Gasteiger charge is 2.24. The van der Waals surface area contributed by atoms with Gasteiger partial charge in [-0.05, 0) is 18.2 Å². The predicted octanol–water partition coefficient (Wildman–Crippen LogP) is 1.15. The maximum absolute atomic E-state index is 6.01. The van der Waals surface area contributed by atoms with E-state index >= 15 is 0 Å². The van der Waals surface area contributed by atoms with Crippen LogP contribution in [0.15, 0.2) is 18.2 Å². The molecule has 0 spiro atoms. The number of nitrogens with zero attached hydrogens (tertiary/aromatic N) is 2. The van der Waals surface area contributed by atoms with Crippen LogP contribution in [0.2, 0.25) is 0 Å². The second kappa shape index (κ2) is 6.33. The van der Waals surface area contributed by atoms with Gasteiger partial charge in [0.05, 0.1) is 38.2 Å². The van der Waals surface area contributed by atoms with E-state index in [1.54, 1.807) is 0 Å². The number of morpholine rings is 1. The van der Waals surface area contributed by atoms with Crippen molar-refractivity contribution < 1.29 is 9.22 Å². The molecule has 112 valence electrons. The molecule has 1 fully saturated rings. The first kappa shape index (κ1) is 14.9. The van der Waals surface area contributed by atoms with Gasteiger partial charge in [-0.15, -0.1) is 0 Å². The van der Waals surface area contributed by atoms with E-state index in [9.17, 15) is 0 Å². The molecular weight excluding hydrogens is 252 g/mol. The predicted molar refractivity (Wildman–Crippen MR) is 84.8 cm³/mol. The van der Waals surface area contributed by atoms with E-state index in [-0.39, 0.29) is 0 Å². The number of ether oxygens (including phenoxy) is 1. The first-order valence-electron chi connectivity index (χ1n) is 7.28. The van der Waals surface area contributed by atoms with E-state index in [4.69, 9.17) is 16.2 Å². The molecule has 0 unspecified atom stereocenters. The molecule has 0 amide bonds. The summed E-state index contributed by atoms with van der Waals surface area (Å²) in [4.78, 5) is 2.19. The summed E-state index contributed by atoms with van der Waals surface area (Å²) < 4.78 is 6.55. The number of nitrogens with two attached hydrogens (primary N) is 2. The van der Waals surface area contributed by atoms with E-state index in [0.29, 0.717) is 0 Å². The Kier molecular flexibility index (Phi) is 4.73. The normalized spacial score (nSPS) is 17.9. The number of anilines is 3. The molecule has 4 N–H and O–H groups in total. The lowest BCUT2D eigenvalue weighted by molar-refractivity contribution is -0.916. The molecule has 0 bridgehead atoms. The summed E-state index contributed by atoms with van der Waals surface area (Å²) in [7, 11) is 4.39. The molecule has 5 heteroatoms. The van der Waals surface area contributed by atoms with Gasteiger partial charge >= 0.3 is 0 Å². The lowest BCUT2D eigenvalue weighted by Crippen LogP contribution is -2.52. The van der Waals surface area contributed by atoms with Crippen molar-refractivity contribution in [2.75, 3.05) is 69.9 Å². The maximum atomic E-state index is 6.01. The Morgan fingerprint density at radius 2 is 1.95 bits per heavy atom. The van der Waals surface area contributed by atoms with Crippen LogP contribution in [0, 0.1) is 0 Å². The summed E-state index contributed by atoms with van der Waals surface area (Å²) in [6.45, 7) is 6.16. The van der Waals surface area contributed by atoms with E-state index in [0.717, 1.165) is 60.8 Å². The molecule has 0 aromatic heterocycles. The second-order valence-corrected chi connectivity index (χ2v) is 6.00. The molecule has 1 aromatic rings. The zero-order chi connectivity index (χ0) is 14.6. The highest BCUT2D eigenvalue weighted by atomic mass is 16.5. The van der Waals surface area contributed by atoms with Gasteiger partial charge in [-0.1, -0.05) is 0 Å². The minimum Gasteiger partial charge on any atom is -0.399 e. The van der Waals surface area contributed by atoms with Crippen molar-refractivity contribution in [3.05, 3.63) is 18.2 Å². The summed E-state index contributed by atoms with van der Waals surface area (Å²) in [5.41, 5.74) is 14.4. The summed E-state index contributed by atoms with van der Waals surface area (Å²) in [6, 6.07) is 5.66. The fourth-order valence-electron chi connectivity index (χ4n) is 2.71. The van der Waals surface area contributed by atoms with Crippen molar-refractivity contribution in [2.24, 2.45) is 0 Å². The molecule has 1 aliphatic heterocycles. The van der Waals surface area contributed by atoms with Crippen molar-refractivity contribution in [2.45, 2.75) is 6.42 Å². The largest absolute Gasteiger partial charge is 0.399 e. The van der Waals surface area contributed by atoms with Crippen LogP contribution in [0.4, 0.5) is 17.1 Å². The number of likely N-dealkylation sites (N-methyl/N-ethyl adjacent to an activating group) is 1. The molecule has 0 radical (unpaired) electrons. The monoisotopic (exact) mass is 279 g/mol. The van der Waals surface area contributed by atoms with Crippen LogP contribution in [-0.2, 0) is 4.74 Å². The zero-order valence-electron chi connectivity index (χ0n) is 12.6. The van der Waals surface area contributed by atoms with Crippen LogP contribution in [-0.4, -0.2) is 58.0 Å². The standard InChI is InChI=1S/C15H27N4O/c1-18(15-12-13(16)4-5-14(15)17)6-3-7-19(2)8-10-20-11-9-19/h4-5,12H,3,6-11,16-17H2,1-2H3/q+1. The van der Waals surface area contributed by atoms with E-state index in [1.165, 1.54) is 6.54 Å². The quantitative estimate of drug-likeness (QED) is 0.627. The second-order valence-electron chi connectivity index (χ2n) is 6.00. The number of hydrogen-bond acceptors (Lipinski definition) is 4. The van der Waals surface area contributed by atoms with Gasteiger partial charge in [-0.2, -0.15) is 0 Å². The molecule has 0 aliphatic carbocycles. The SMILES string of the molecule is CN(CCC[N+]1(C)CCOCC1)c1cc(N)ccc1N. The van der Waals surface area contributed by atoms with Crippen LogP contribution in [0.25, 0.3) is 0 Å². The van der Waals surface area contributed by atoms with Crippen molar-refractivity contribution in [3.8, 4) is 0 Å². The lowest BCUT2D eigenvalue weighted by Gasteiger charge is -2.38. The first-order valence-corrected chi connectivity index (χ1v) is 7.28. The van der Waals surface area contributed by atoms with Crippen molar-refractivity contribution in [1.82, 2.24) is 0 Å².